The van der Waals surface area contributed by atoms with E-state index in [2.05, 4.69) is 10.3 Å². The topological polar surface area (TPSA) is 62.2 Å². The van der Waals surface area contributed by atoms with Crippen LogP contribution in [-0.4, -0.2) is 23.1 Å². The summed E-state index contributed by atoms with van der Waals surface area (Å²) in [4.78, 5) is 16.0. The van der Waals surface area contributed by atoms with Gasteiger partial charge in [-0.3, -0.25) is 0 Å². The van der Waals surface area contributed by atoms with E-state index in [-0.39, 0.29) is 10.9 Å². The number of carbonyl (C=O) groups is 1. The first-order chi connectivity index (χ1) is 14.0. The summed E-state index contributed by atoms with van der Waals surface area (Å²) in [5.41, 5.74) is 3.05. The van der Waals surface area contributed by atoms with Crippen molar-refractivity contribution in [3.05, 3.63) is 83.9 Å². The van der Waals surface area contributed by atoms with Crippen LogP contribution in [0.2, 0.25) is 0 Å². The van der Waals surface area contributed by atoms with Gasteiger partial charge in [-0.2, -0.15) is 0 Å². The van der Waals surface area contributed by atoms with Crippen molar-refractivity contribution in [2.24, 2.45) is 0 Å². The van der Waals surface area contributed by atoms with Gasteiger partial charge in [0.05, 0.1) is 16.8 Å². The van der Waals surface area contributed by atoms with Gasteiger partial charge in [0.25, 0.3) is 0 Å². The van der Waals surface area contributed by atoms with Gasteiger partial charge in [-0.25, -0.2) is 18.6 Å². The SMILES string of the molecule is CNc1ccc(-c2ccc(-c3cc(C(=O)O)c4cc(F)ccc4n3)cc2F)cc1. The van der Waals surface area contributed by atoms with Crippen molar-refractivity contribution >= 4 is 22.6 Å². The maximum Gasteiger partial charge on any atom is 0.336 e. The molecule has 0 bridgehead atoms. The van der Waals surface area contributed by atoms with Crippen molar-refractivity contribution in [2.45, 2.75) is 0 Å². The Morgan fingerprint density at radius 3 is 2.31 bits per heavy atom. The molecule has 1 aromatic heterocycles. The van der Waals surface area contributed by atoms with E-state index >= 15 is 0 Å². The quantitative estimate of drug-likeness (QED) is 0.477. The molecule has 0 unspecified atom stereocenters. The van der Waals surface area contributed by atoms with Crippen LogP contribution in [0.15, 0.2) is 66.7 Å². The number of benzene rings is 3. The second-order valence-electron chi connectivity index (χ2n) is 6.54. The zero-order valence-corrected chi connectivity index (χ0v) is 15.4. The molecule has 4 aromatic rings. The average Bonchev–Trinajstić information content (AvgIpc) is 2.73. The number of aromatic nitrogens is 1. The molecule has 0 aliphatic rings. The van der Waals surface area contributed by atoms with Crippen LogP contribution in [0, 0.1) is 11.6 Å². The standard InChI is InChI=1S/C23H16F2N2O2/c1-26-16-6-2-13(3-7-16)17-8-4-14(10-20(17)25)22-12-19(23(28)29)18-11-15(24)5-9-21(18)27-22/h2-12,26H,1H3,(H,28,29). The van der Waals surface area contributed by atoms with Gasteiger partial charge >= 0.3 is 5.97 Å². The normalized spacial score (nSPS) is 10.9. The molecule has 4 rings (SSSR count). The molecule has 2 N–H and O–H groups in total. The third-order valence-electron chi connectivity index (χ3n) is 4.75. The Morgan fingerprint density at radius 1 is 0.931 bits per heavy atom. The molecule has 1 heterocycles. The Bertz CT molecular complexity index is 1240. The van der Waals surface area contributed by atoms with Crippen molar-refractivity contribution in [1.82, 2.24) is 4.98 Å². The number of carboxylic acids is 1. The molecule has 0 aliphatic carbocycles. The first-order valence-corrected chi connectivity index (χ1v) is 8.88. The van der Waals surface area contributed by atoms with Crippen LogP contribution < -0.4 is 5.32 Å². The largest absolute Gasteiger partial charge is 0.478 e. The molecule has 0 aliphatic heterocycles. The predicted octanol–water partition coefficient (Wildman–Crippen LogP) is 5.59. The molecule has 4 nitrogen and oxygen atoms in total. The fourth-order valence-electron chi connectivity index (χ4n) is 3.25. The number of hydrogen-bond acceptors (Lipinski definition) is 3. The van der Waals surface area contributed by atoms with Crippen molar-refractivity contribution in [3.63, 3.8) is 0 Å². The van der Waals surface area contributed by atoms with E-state index in [1.165, 1.54) is 24.3 Å². The molecule has 0 atom stereocenters. The van der Waals surface area contributed by atoms with E-state index < -0.39 is 17.6 Å². The van der Waals surface area contributed by atoms with Crippen molar-refractivity contribution in [3.8, 4) is 22.4 Å². The van der Waals surface area contributed by atoms with Gasteiger partial charge in [-0.15, -0.1) is 0 Å². The Labute approximate surface area is 165 Å². The van der Waals surface area contributed by atoms with Crippen molar-refractivity contribution in [1.29, 1.82) is 0 Å². The Kier molecular flexibility index (Phi) is 4.68. The molecule has 0 amide bonds. The van der Waals surface area contributed by atoms with E-state index in [0.717, 1.165) is 17.3 Å². The smallest absolute Gasteiger partial charge is 0.336 e. The lowest BCUT2D eigenvalue weighted by Gasteiger charge is -2.10. The third-order valence-corrected chi connectivity index (χ3v) is 4.75. The Morgan fingerprint density at radius 2 is 1.66 bits per heavy atom. The summed E-state index contributed by atoms with van der Waals surface area (Å²) < 4.78 is 28.4. The highest BCUT2D eigenvalue weighted by atomic mass is 19.1. The molecule has 29 heavy (non-hydrogen) atoms. The molecule has 0 saturated carbocycles. The summed E-state index contributed by atoms with van der Waals surface area (Å²) in [5, 5.41) is 12.7. The number of fused-ring (bicyclic) bond motifs is 1. The summed E-state index contributed by atoms with van der Waals surface area (Å²) in [5.74, 6) is -2.20. The molecule has 144 valence electrons. The third kappa shape index (κ3) is 3.52. The van der Waals surface area contributed by atoms with Crippen LogP contribution in [-0.2, 0) is 0 Å². The summed E-state index contributed by atoms with van der Waals surface area (Å²) in [7, 11) is 1.81. The Hall–Kier alpha value is -3.80. The number of pyridine rings is 1. The molecule has 6 heteroatoms. The van der Waals surface area contributed by atoms with Crippen LogP contribution in [0.4, 0.5) is 14.5 Å². The first-order valence-electron chi connectivity index (χ1n) is 8.88. The number of nitrogens with zero attached hydrogens (tertiary/aromatic N) is 1. The lowest BCUT2D eigenvalue weighted by Crippen LogP contribution is -2.01. The number of halogens is 2. The monoisotopic (exact) mass is 390 g/mol. The fraction of sp³-hybridized carbons (Fsp3) is 0.0435. The second kappa shape index (κ2) is 7.31. The van der Waals surface area contributed by atoms with Crippen LogP contribution >= 0.6 is 0 Å². The minimum atomic E-state index is -1.20. The molecule has 3 aromatic carbocycles. The van der Waals surface area contributed by atoms with Gasteiger partial charge in [0.1, 0.15) is 11.6 Å². The lowest BCUT2D eigenvalue weighted by atomic mass is 10.00. The van der Waals surface area contributed by atoms with Gasteiger partial charge in [0.15, 0.2) is 0 Å². The highest BCUT2D eigenvalue weighted by Crippen LogP contribution is 2.30. The maximum atomic E-state index is 14.8. The first kappa shape index (κ1) is 18.6. The molecule has 0 radical (unpaired) electrons. The van der Waals surface area contributed by atoms with E-state index in [4.69, 9.17) is 0 Å². The summed E-state index contributed by atoms with van der Waals surface area (Å²) in [6.45, 7) is 0. The predicted molar refractivity (Wildman–Crippen MR) is 109 cm³/mol. The summed E-state index contributed by atoms with van der Waals surface area (Å²) >= 11 is 0. The van der Waals surface area contributed by atoms with Crippen molar-refractivity contribution < 1.29 is 18.7 Å². The molecular weight excluding hydrogens is 374 g/mol. The zero-order valence-electron chi connectivity index (χ0n) is 15.4. The second-order valence-corrected chi connectivity index (χ2v) is 6.54. The number of anilines is 1. The van der Waals surface area contributed by atoms with Crippen LogP contribution in [0.1, 0.15) is 10.4 Å². The summed E-state index contributed by atoms with van der Waals surface area (Å²) in [6, 6.07) is 17.1. The minimum absolute atomic E-state index is 0.0864. The van der Waals surface area contributed by atoms with Gasteiger partial charge in [-0.1, -0.05) is 24.3 Å². The number of hydrogen-bond donors (Lipinski definition) is 2. The molecule has 0 saturated heterocycles. The molecule has 0 spiro atoms. The van der Waals surface area contributed by atoms with Gasteiger partial charge in [0, 0.05) is 29.2 Å². The highest BCUT2D eigenvalue weighted by Gasteiger charge is 2.15. The Balaban J connectivity index is 1.80. The molecule has 0 fully saturated rings. The van der Waals surface area contributed by atoms with E-state index in [1.54, 1.807) is 19.2 Å². The van der Waals surface area contributed by atoms with Gasteiger partial charge in [0.2, 0.25) is 0 Å². The number of rotatable bonds is 4. The number of carboxylic acid groups (broad SMARTS) is 1. The number of aromatic carboxylic acids is 1. The minimum Gasteiger partial charge on any atom is -0.478 e. The van der Waals surface area contributed by atoms with Crippen molar-refractivity contribution in [2.75, 3.05) is 12.4 Å². The van der Waals surface area contributed by atoms with Gasteiger partial charge in [-0.05, 0) is 48.0 Å². The maximum absolute atomic E-state index is 14.8. The fourth-order valence-corrected chi connectivity index (χ4v) is 3.25. The number of nitrogens with one attached hydrogen (secondary N) is 1. The van der Waals surface area contributed by atoms with Gasteiger partial charge < -0.3 is 10.4 Å². The van der Waals surface area contributed by atoms with Crippen LogP contribution in [0.25, 0.3) is 33.3 Å². The van der Waals surface area contributed by atoms with E-state index in [9.17, 15) is 18.7 Å². The average molecular weight is 390 g/mol. The van der Waals surface area contributed by atoms with Crippen LogP contribution in [0.5, 0.6) is 0 Å². The van der Waals surface area contributed by atoms with E-state index in [1.807, 2.05) is 24.3 Å². The van der Waals surface area contributed by atoms with E-state index in [0.29, 0.717) is 22.3 Å². The lowest BCUT2D eigenvalue weighted by molar-refractivity contribution is 0.0699. The zero-order chi connectivity index (χ0) is 20.5. The summed E-state index contributed by atoms with van der Waals surface area (Å²) in [6.07, 6.45) is 0. The molecular formula is C23H16F2N2O2. The van der Waals surface area contributed by atoms with Crippen LogP contribution in [0.3, 0.4) is 0 Å². The highest BCUT2D eigenvalue weighted by molar-refractivity contribution is 6.03.